The van der Waals surface area contributed by atoms with Crippen LogP contribution >= 0.6 is 0 Å². The molecule has 17 heavy (non-hydrogen) atoms. The minimum absolute atomic E-state index is 0.168. The molecule has 0 heterocycles. The summed E-state index contributed by atoms with van der Waals surface area (Å²) in [7, 11) is 0. The van der Waals surface area contributed by atoms with Gasteiger partial charge < -0.3 is 10.4 Å². The van der Waals surface area contributed by atoms with Crippen LogP contribution in [0.25, 0.3) is 0 Å². The Bertz CT molecular complexity index is 401. The fourth-order valence-electron chi connectivity index (χ4n) is 1.56. The number of benzene rings is 1. The Hall–Kier alpha value is -1.44. The molecule has 0 aliphatic rings. The van der Waals surface area contributed by atoms with E-state index in [1.54, 1.807) is 6.07 Å². The van der Waals surface area contributed by atoms with E-state index in [0.717, 1.165) is 13.0 Å². The van der Waals surface area contributed by atoms with Gasteiger partial charge in [0.2, 0.25) is 0 Å². The van der Waals surface area contributed by atoms with E-state index in [1.165, 1.54) is 12.1 Å². The monoisotopic (exact) mass is 236 g/mol. The Kier molecular flexibility index (Phi) is 5.61. The van der Waals surface area contributed by atoms with E-state index in [-0.39, 0.29) is 12.4 Å². The lowest BCUT2D eigenvalue weighted by Crippen LogP contribution is -2.22. The lowest BCUT2D eigenvalue weighted by Gasteiger charge is -2.11. The van der Waals surface area contributed by atoms with Crippen molar-refractivity contribution >= 4 is 0 Å². The minimum Gasteiger partial charge on any atom is -0.396 e. The summed E-state index contributed by atoms with van der Waals surface area (Å²) in [4.78, 5) is 0. The topological polar surface area (TPSA) is 56.0 Å². The molecule has 0 bridgehead atoms. The third kappa shape index (κ3) is 4.51. The zero-order valence-electron chi connectivity index (χ0n) is 9.91. The number of aliphatic hydroxyl groups is 1. The van der Waals surface area contributed by atoms with Crippen LogP contribution in [0.3, 0.4) is 0 Å². The molecule has 1 unspecified atom stereocenters. The van der Waals surface area contributed by atoms with Gasteiger partial charge in [0, 0.05) is 18.7 Å². The molecular formula is C13H17FN2O. The second-order valence-corrected chi connectivity index (χ2v) is 4.17. The maximum Gasteiger partial charge on any atom is 0.127 e. The molecule has 0 aromatic heterocycles. The van der Waals surface area contributed by atoms with E-state index in [1.807, 2.05) is 13.0 Å². The molecule has 0 spiro atoms. The first-order valence-electron chi connectivity index (χ1n) is 5.67. The number of hydrogen-bond acceptors (Lipinski definition) is 3. The summed E-state index contributed by atoms with van der Waals surface area (Å²) in [5.74, 6) is 0.0496. The van der Waals surface area contributed by atoms with Crippen molar-refractivity contribution in [1.29, 1.82) is 5.26 Å². The highest BCUT2D eigenvalue weighted by Gasteiger charge is 2.05. The van der Waals surface area contributed by atoms with Crippen LogP contribution in [-0.2, 0) is 6.54 Å². The van der Waals surface area contributed by atoms with Gasteiger partial charge in [-0.15, -0.1) is 0 Å². The quantitative estimate of drug-likeness (QED) is 0.792. The predicted octanol–water partition coefficient (Wildman–Crippen LogP) is 1.81. The van der Waals surface area contributed by atoms with Gasteiger partial charge in [-0.05, 0) is 37.1 Å². The molecule has 2 N–H and O–H groups in total. The SMILES string of the molecule is CC(CCO)CNCc1cc(C#N)ccc1F. The maximum atomic E-state index is 13.4. The summed E-state index contributed by atoms with van der Waals surface area (Å²) in [6.45, 7) is 3.31. The fourth-order valence-corrected chi connectivity index (χ4v) is 1.56. The Morgan fingerprint density at radius 3 is 2.94 bits per heavy atom. The molecule has 0 radical (unpaired) electrons. The fraction of sp³-hybridized carbons (Fsp3) is 0.462. The van der Waals surface area contributed by atoms with Gasteiger partial charge in [0.05, 0.1) is 11.6 Å². The lowest BCUT2D eigenvalue weighted by molar-refractivity contribution is 0.260. The van der Waals surface area contributed by atoms with Crippen molar-refractivity contribution in [2.45, 2.75) is 19.9 Å². The normalized spacial score (nSPS) is 12.1. The third-order valence-electron chi connectivity index (χ3n) is 2.60. The average Bonchev–Trinajstić information content (AvgIpc) is 2.32. The number of rotatable bonds is 6. The van der Waals surface area contributed by atoms with Crippen molar-refractivity contribution in [2.75, 3.05) is 13.2 Å². The lowest BCUT2D eigenvalue weighted by atomic mass is 10.1. The summed E-state index contributed by atoms with van der Waals surface area (Å²) in [5.41, 5.74) is 0.965. The molecule has 92 valence electrons. The van der Waals surface area contributed by atoms with Crippen molar-refractivity contribution in [1.82, 2.24) is 5.32 Å². The molecule has 1 rings (SSSR count). The Balaban J connectivity index is 2.49. The van der Waals surface area contributed by atoms with Crippen LogP contribution in [0.1, 0.15) is 24.5 Å². The van der Waals surface area contributed by atoms with Gasteiger partial charge in [0.1, 0.15) is 5.82 Å². The number of halogens is 1. The van der Waals surface area contributed by atoms with Crippen LogP contribution in [0.15, 0.2) is 18.2 Å². The number of nitrogens with one attached hydrogen (secondary N) is 1. The van der Waals surface area contributed by atoms with E-state index in [2.05, 4.69) is 5.32 Å². The average molecular weight is 236 g/mol. The Labute approximate surface area is 101 Å². The van der Waals surface area contributed by atoms with Crippen LogP contribution in [0, 0.1) is 23.1 Å². The highest BCUT2D eigenvalue weighted by atomic mass is 19.1. The highest BCUT2D eigenvalue weighted by molar-refractivity contribution is 5.33. The molecule has 3 nitrogen and oxygen atoms in total. The van der Waals surface area contributed by atoms with Gasteiger partial charge in [-0.3, -0.25) is 0 Å². The molecule has 0 saturated heterocycles. The van der Waals surface area contributed by atoms with Crippen molar-refractivity contribution in [3.05, 3.63) is 35.1 Å². The van der Waals surface area contributed by atoms with Crippen molar-refractivity contribution in [3.63, 3.8) is 0 Å². The van der Waals surface area contributed by atoms with E-state index in [9.17, 15) is 4.39 Å². The molecule has 0 saturated carbocycles. The van der Waals surface area contributed by atoms with Gasteiger partial charge in [-0.25, -0.2) is 4.39 Å². The van der Waals surface area contributed by atoms with Crippen LogP contribution in [0.4, 0.5) is 4.39 Å². The van der Waals surface area contributed by atoms with Gasteiger partial charge in [0.15, 0.2) is 0 Å². The van der Waals surface area contributed by atoms with Crippen molar-refractivity contribution in [2.24, 2.45) is 5.92 Å². The molecule has 1 aromatic carbocycles. The molecule has 0 fully saturated rings. The van der Waals surface area contributed by atoms with Crippen LogP contribution < -0.4 is 5.32 Å². The summed E-state index contributed by atoms with van der Waals surface area (Å²) in [5, 5.41) is 20.6. The van der Waals surface area contributed by atoms with E-state index < -0.39 is 0 Å². The standard InChI is InChI=1S/C13H17FN2O/c1-10(4-5-17)8-16-9-12-6-11(7-15)2-3-13(12)14/h2-3,6,10,16-17H,4-5,8-9H2,1H3. The number of aliphatic hydroxyl groups excluding tert-OH is 1. The highest BCUT2D eigenvalue weighted by Crippen LogP contribution is 2.10. The second kappa shape index (κ2) is 7.00. The van der Waals surface area contributed by atoms with Crippen molar-refractivity contribution in [3.8, 4) is 6.07 Å². The Morgan fingerprint density at radius 1 is 1.53 bits per heavy atom. The maximum absolute atomic E-state index is 13.4. The third-order valence-corrected chi connectivity index (χ3v) is 2.60. The van der Waals surface area contributed by atoms with Crippen LogP contribution in [0.5, 0.6) is 0 Å². The Morgan fingerprint density at radius 2 is 2.29 bits per heavy atom. The molecule has 1 aromatic rings. The molecule has 1 atom stereocenters. The van der Waals surface area contributed by atoms with Crippen LogP contribution in [-0.4, -0.2) is 18.3 Å². The van der Waals surface area contributed by atoms with Gasteiger partial charge in [0.25, 0.3) is 0 Å². The minimum atomic E-state index is -0.300. The number of hydrogen-bond donors (Lipinski definition) is 2. The zero-order valence-corrected chi connectivity index (χ0v) is 9.91. The smallest absolute Gasteiger partial charge is 0.127 e. The molecule has 0 aliphatic heterocycles. The predicted molar refractivity (Wildman–Crippen MR) is 63.7 cm³/mol. The van der Waals surface area contributed by atoms with Crippen LogP contribution in [0.2, 0.25) is 0 Å². The molecular weight excluding hydrogens is 219 g/mol. The molecule has 0 amide bonds. The summed E-state index contributed by atoms with van der Waals surface area (Å²) < 4.78 is 13.4. The summed E-state index contributed by atoms with van der Waals surface area (Å²) >= 11 is 0. The number of nitrogens with zero attached hydrogens (tertiary/aromatic N) is 1. The van der Waals surface area contributed by atoms with E-state index in [0.29, 0.717) is 23.6 Å². The van der Waals surface area contributed by atoms with E-state index >= 15 is 0 Å². The summed E-state index contributed by atoms with van der Waals surface area (Å²) in [6.07, 6.45) is 0.730. The first kappa shape index (κ1) is 13.6. The molecule has 0 aliphatic carbocycles. The second-order valence-electron chi connectivity index (χ2n) is 4.17. The number of nitriles is 1. The first-order valence-corrected chi connectivity index (χ1v) is 5.67. The van der Waals surface area contributed by atoms with Crippen molar-refractivity contribution < 1.29 is 9.50 Å². The largest absolute Gasteiger partial charge is 0.396 e. The van der Waals surface area contributed by atoms with Gasteiger partial charge in [-0.1, -0.05) is 6.92 Å². The first-order chi connectivity index (χ1) is 8.17. The molecule has 4 heteroatoms. The van der Waals surface area contributed by atoms with Gasteiger partial charge in [-0.2, -0.15) is 5.26 Å². The van der Waals surface area contributed by atoms with E-state index in [4.69, 9.17) is 10.4 Å². The summed E-state index contributed by atoms with van der Waals surface area (Å²) in [6, 6.07) is 6.32. The van der Waals surface area contributed by atoms with Gasteiger partial charge >= 0.3 is 0 Å². The zero-order chi connectivity index (χ0) is 12.7.